The van der Waals surface area contributed by atoms with Gasteiger partial charge < -0.3 is 19.3 Å². The Labute approximate surface area is 136 Å². The van der Waals surface area contributed by atoms with Crippen LogP contribution in [0.3, 0.4) is 0 Å². The molecular weight excluding hydrogens is 320 g/mol. The zero-order chi connectivity index (χ0) is 16.6. The number of cyclic esters (lactones) is 1. The van der Waals surface area contributed by atoms with E-state index in [0.717, 1.165) is 0 Å². The maximum atomic E-state index is 12.3. The van der Waals surface area contributed by atoms with Gasteiger partial charge in [-0.3, -0.25) is 4.79 Å². The normalized spacial score (nSPS) is 19.7. The van der Waals surface area contributed by atoms with Crippen molar-refractivity contribution in [1.29, 1.82) is 0 Å². The minimum Gasteiger partial charge on any atom is -0.493 e. The van der Waals surface area contributed by atoms with E-state index in [1.54, 1.807) is 12.1 Å². The lowest BCUT2D eigenvalue weighted by Crippen LogP contribution is -2.30. The number of ether oxygens (including phenoxy) is 3. The van der Waals surface area contributed by atoms with E-state index < -0.39 is 24.0 Å². The number of carbonyl (C=O) groups is 2. The fraction of sp³-hybridized carbons (Fsp3) is 0.250. The van der Waals surface area contributed by atoms with Crippen molar-refractivity contribution in [3.8, 4) is 11.5 Å². The molecule has 0 aliphatic carbocycles. The molecule has 0 spiro atoms. The number of benzene rings is 1. The summed E-state index contributed by atoms with van der Waals surface area (Å²) in [6.07, 6.45) is -0.856. The summed E-state index contributed by atoms with van der Waals surface area (Å²) in [5.74, 6) is -1.92. The van der Waals surface area contributed by atoms with Crippen molar-refractivity contribution in [3.05, 3.63) is 45.6 Å². The molecule has 0 radical (unpaired) electrons. The quantitative estimate of drug-likeness (QED) is 0.866. The SMILES string of the molecule is COc1cc2c(cc1OC)[C@H](C(=O)O)[C@@H](c1cccs1)OC2=O. The highest BCUT2D eigenvalue weighted by molar-refractivity contribution is 7.10. The summed E-state index contributed by atoms with van der Waals surface area (Å²) in [5, 5.41) is 11.5. The highest BCUT2D eigenvalue weighted by atomic mass is 32.1. The van der Waals surface area contributed by atoms with Gasteiger partial charge in [0.1, 0.15) is 5.92 Å². The molecule has 1 aromatic heterocycles. The molecule has 0 saturated carbocycles. The average molecular weight is 334 g/mol. The third-order valence-electron chi connectivity index (χ3n) is 3.74. The number of thiophene rings is 1. The Morgan fingerprint density at radius 1 is 1.26 bits per heavy atom. The number of fused-ring (bicyclic) bond motifs is 1. The van der Waals surface area contributed by atoms with Crippen molar-refractivity contribution < 1.29 is 28.9 Å². The van der Waals surface area contributed by atoms with E-state index in [4.69, 9.17) is 14.2 Å². The molecule has 0 saturated heterocycles. The van der Waals surface area contributed by atoms with Crippen LogP contribution in [0.4, 0.5) is 0 Å². The van der Waals surface area contributed by atoms with Crippen LogP contribution in [0.15, 0.2) is 29.6 Å². The smallest absolute Gasteiger partial charge is 0.339 e. The summed E-state index contributed by atoms with van der Waals surface area (Å²) in [6, 6.07) is 6.53. The van der Waals surface area contributed by atoms with Gasteiger partial charge in [-0.05, 0) is 29.1 Å². The summed E-state index contributed by atoms with van der Waals surface area (Å²) < 4.78 is 15.8. The highest BCUT2D eigenvalue weighted by Gasteiger charge is 2.42. The maximum Gasteiger partial charge on any atom is 0.339 e. The molecule has 6 nitrogen and oxygen atoms in total. The largest absolute Gasteiger partial charge is 0.493 e. The number of hydrogen-bond acceptors (Lipinski definition) is 6. The van der Waals surface area contributed by atoms with E-state index in [0.29, 0.717) is 21.9 Å². The standard InChI is InChI=1S/C16H14O6S/c1-20-10-6-8-9(7-11(10)21-2)16(19)22-14(13(8)15(17)18)12-4-3-5-23-12/h3-7,13-14H,1-2H3,(H,17,18)/t13-,14+/m0/s1. The van der Waals surface area contributed by atoms with Crippen LogP contribution in [0.2, 0.25) is 0 Å². The van der Waals surface area contributed by atoms with Crippen molar-refractivity contribution in [3.63, 3.8) is 0 Å². The molecule has 1 aromatic carbocycles. The van der Waals surface area contributed by atoms with Gasteiger partial charge in [0.15, 0.2) is 17.6 Å². The molecule has 1 aliphatic rings. The van der Waals surface area contributed by atoms with E-state index >= 15 is 0 Å². The monoisotopic (exact) mass is 334 g/mol. The van der Waals surface area contributed by atoms with Crippen molar-refractivity contribution >= 4 is 23.3 Å². The maximum absolute atomic E-state index is 12.3. The van der Waals surface area contributed by atoms with Crippen LogP contribution in [0.1, 0.15) is 32.8 Å². The van der Waals surface area contributed by atoms with Crippen LogP contribution in [0.5, 0.6) is 11.5 Å². The summed E-state index contributed by atoms with van der Waals surface area (Å²) in [7, 11) is 2.90. The van der Waals surface area contributed by atoms with Crippen molar-refractivity contribution in [1.82, 2.24) is 0 Å². The van der Waals surface area contributed by atoms with Crippen molar-refractivity contribution in [2.24, 2.45) is 0 Å². The summed E-state index contributed by atoms with van der Waals surface area (Å²) in [6.45, 7) is 0. The molecule has 2 atom stereocenters. The molecule has 3 rings (SSSR count). The van der Waals surface area contributed by atoms with Gasteiger partial charge >= 0.3 is 11.9 Å². The first-order valence-electron chi connectivity index (χ1n) is 6.80. The van der Waals surface area contributed by atoms with Crippen LogP contribution < -0.4 is 9.47 Å². The lowest BCUT2D eigenvalue weighted by Gasteiger charge is -2.30. The molecule has 120 valence electrons. The van der Waals surface area contributed by atoms with Crippen LogP contribution in [0.25, 0.3) is 0 Å². The van der Waals surface area contributed by atoms with Gasteiger partial charge in [-0.2, -0.15) is 0 Å². The Hall–Kier alpha value is -2.54. The van der Waals surface area contributed by atoms with Crippen LogP contribution in [-0.2, 0) is 9.53 Å². The molecule has 1 aliphatic heterocycles. The lowest BCUT2D eigenvalue weighted by atomic mass is 9.86. The lowest BCUT2D eigenvalue weighted by molar-refractivity contribution is -0.142. The summed E-state index contributed by atoms with van der Waals surface area (Å²) in [4.78, 5) is 24.8. The highest BCUT2D eigenvalue weighted by Crippen LogP contribution is 2.45. The number of esters is 1. The van der Waals surface area contributed by atoms with Crippen molar-refractivity contribution in [2.45, 2.75) is 12.0 Å². The first-order valence-corrected chi connectivity index (χ1v) is 7.68. The molecular formula is C16H14O6S. The van der Waals surface area contributed by atoms with Crippen molar-refractivity contribution in [2.75, 3.05) is 14.2 Å². The molecule has 2 aromatic rings. The molecule has 0 fully saturated rings. The molecule has 0 amide bonds. The Kier molecular flexibility index (Phi) is 3.96. The van der Waals surface area contributed by atoms with Crippen LogP contribution in [-0.4, -0.2) is 31.3 Å². The molecule has 7 heteroatoms. The third kappa shape index (κ3) is 2.53. The zero-order valence-corrected chi connectivity index (χ0v) is 13.3. The van der Waals surface area contributed by atoms with E-state index in [9.17, 15) is 14.7 Å². The molecule has 1 N–H and O–H groups in total. The Bertz CT molecular complexity index is 752. The molecule has 2 heterocycles. The first-order chi connectivity index (χ1) is 11.1. The van der Waals surface area contributed by atoms with Gasteiger partial charge in [-0.25, -0.2) is 4.79 Å². The average Bonchev–Trinajstić information content (AvgIpc) is 3.07. The fourth-order valence-electron chi connectivity index (χ4n) is 2.68. The minimum atomic E-state index is -1.07. The molecule has 0 unspecified atom stereocenters. The van der Waals surface area contributed by atoms with Gasteiger partial charge in [0, 0.05) is 4.88 Å². The molecule has 23 heavy (non-hydrogen) atoms. The topological polar surface area (TPSA) is 82.1 Å². The summed E-state index contributed by atoms with van der Waals surface area (Å²) in [5.41, 5.74) is 0.549. The fourth-order valence-corrected chi connectivity index (χ4v) is 3.47. The minimum absolute atomic E-state index is 0.183. The van der Waals surface area contributed by atoms with E-state index in [-0.39, 0.29) is 5.56 Å². The zero-order valence-electron chi connectivity index (χ0n) is 12.4. The second kappa shape index (κ2) is 5.92. The van der Waals surface area contributed by atoms with Crippen LogP contribution >= 0.6 is 11.3 Å². The number of hydrogen-bond donors (Lipinski definition) is 1. The summed E-state index contributed by atoms with van der Waals surface area (Å²) >= 11 is 1.35. The predicted molar refractivity (Wildman–Crippen MR) is 82.4 cm³/mol. The van der Waals surface area contributed by atoms with E-state index in [1.165, 1.54) is 37.7 Å². The number of carboxylic acids is 1. The Morgan fingerprint density at radius 3 is 2.52 bits per heavy atom. The van der Waals surface area contributed by atoms with Crippen LogP contribution in [0, 0.1) is 0 Å². The Morgan fingerprint density at radius 2 is 1.96 bits per heavy atom. The second-order valence-corrected chi connectivity index (χ2v) is 5.93. The Balaban J connectivity index is 2.18. The number of rotatable bonds is 4. The number of methoxy groups -OCH3 is 2. The van der Waals surface area contributed by atoms with Gasteiger partial charge in [-0.15, -0.1) is 11.3 Å². The second-order valence-electron chi connectivity index (χ2n) is 4.95. The van der Waals surface area contributed by atoms with Gasteiger partial charge in [0.05, 0.1) is 19.8 Å². The third-order valence-corrected chi connectivity index (χ3v) is 4.67. The molecule has 0 bridgehead atoms. The predicted octanol–water partition coefficient (Wildman–Crippen LogP) is 2.85. The van der Waals surface area contributed by atoms with Gasteiger partial charge in [-0.1, -0.05) is 6.07 Å². The van der Waals surface area contributed by atoms with E-state index in [2.05, 4.69) is 0 Å². The number of aliphatic carboxylic acids is 1. The van der Waals surface area contributed by atoms with E-state index in [1.807, 2.05) is 5.38 Å². The number of carboxylic acid groups (broad SMARTS) is 1. The van der Waals surface area contributed by atoms with Gasteiger partial charge in [0.25, 0.3) is 0 Å². The first kappa shape index (κ1) is 15.4. The number of carbonyl (C=O) groups excluding carboxylic acids is 1. The van der Waals surface area contributed by atoms with Gasteiger partial charge in [0.2, 0.25) is 0 Å².